The largest absolute Gasteiger partial charge is 0.492 e. The number of carbonyl (C=O) groups excluding carboxylic acids is 1. The number of fused-ring (bicyclic) bond motifs is 1. The Hall–Kier alpha value is -1.19. The van der Waals surface area contributed by atoms with Crippen LogP contribution >= 0.6 is 23.4 Å². The summed E-state index contributed by atoms with van der Waals surface area (Å²) in [6.07, 6.45) is 6.13. The Morgan fingerprint density at radius 3 is 3.05 bits per heavy atom. The van der Waals surface area contributed by atoms with Crippen molar-refractivity contribution < 1.29 is 9.53 Å². The minimum absolute atomic E-state index is 0.194. The minimum Gasteiger partial charge on any atom is -0.492 e. The molecular weight excluding hydrogens is 292 g/mol. The summed E-state index contributed by atoms with van der Waals surface area (Å²) < 4.78 is 5.79. The molecule has 1 aliphatic carbocycles. The number of carbonyl (C=O) groups is 1. The van der Waals surface area contributed by atoms with Gasteiger partial charge < -0.3 is 4.74 Å². The van der Waals surface area contributed by atoms with Crippen LogP contribution in [0.1, 0.15) is 25.3 Å². The molecule has 0 spiro atoms. The van der Waals surface area contributed by atoms with Crippen molar-refractivity contribution in [2.45, 2.75) is 31.1 Å². The highest BCUT2D eigenvalue weighted by molar-refractivity contribution is 8.04. The van der Waals surface area contributed by atoms with Crippen LogP contribution in [0.2, 0.25) is 5.02 Å². The number of benzene rings is 1. The number of halogens is 1. The lowest BCUT2D eigenvalue weighted by Crippen LogP contribution is -2.12. The molecule has 0 N–H and O–H groups in total. The fourth-order valence-electron chi connectivity index (χ4n) is 2.39. The lowest BCUT2D eigenvalue weighted by Gasteiger charge is -2.25. The molecular formula is C16H15ClO2S. The molecule has 3 rings (SSSR count). The Bertz CT molecular complexity index is 632. The zero-order chi connectivity index (χ0) is 14.1. The molecule has 0 bridgehead atoms. The van der Waals surface area contributed by atoms with Crippen LogP contribution in [0.3, 0.4) is 0 Å². The number of rotatable bonds is 3. The quantitative estimate of drug-likeness (QED) is 0.819. The van der Waals surface area contributed by atoms with Crippen LogP contribution in [-0.2, 0) is 11.2 Å². The fraction of sp³-hybridized carbons (Fsp3) is 0.312. The summed E-state index contributed by atoms with van der Waals surface area (Å²) in [5.41, 5.74) is 2.15. The van der Waals surface area contributed by atoms with E-state index >= 15 is 0 Å². The predicted molar refractivity (Wildman–Crippen MR) is 82.6 cm³/mol. The number of ether oxygens (including phenoxy) is 1. The molecule has 0 fully saturated rings. The van der Waals surface area contributed by atoms with E-state index in [-0.39, 0.29) is 5.78 Å². The van der Waals surface area contributed by atoms with Crippen LogP contribution in [0.25, 0.3) is 0 Å². The summed E-state index contributed by atoms with van der Waals surface area (Å²) in [5, 5.41) is 0.745. The van der Waals surface area contributed by atoms with Crippen molar-refractivity contribution in [3.8, 4) is 5.75 Å². The van der Waals surface area contributed by atoms with Crippen molar-refractivity contribution in [2.24, 2.45) is 0 Å². The number of Topliss-reactive ketones (excluding diaryl/α,β-unsaturated/α-hetero) is 1. The third-order valence-corrected chi connectivity index (χ3v) is 5.07. The first-order valence-electron chi connectivity index (χ1n) is 6.75. The van der Waals surface area contributed by atoms with Gasteiger partial charge in [0.25, 0.3) is 0 Å². The monoisotopic (exact) mass is 306 g/mol. The van der Waals surface area contributed by atoms with Crippen molar-refractivity contribution in [3.05, 3.63) is 45.3 Å². The lowest BCUT2D eigenvalue weighted by molar-refractivity contribution is -0.114. The predicted octanol–water partition coefficient (Wildman–Crippen LogP) is 4.56. The molecule has 1 aromatic rings. The van der Waals surface area contributed by atoms with E-state index in [9.17, 15) is 4.79 Å². The smallest absolute Gasteiger partial charge is 0.173 e. The van der Waals surface area contributed by atoms with Crippen molar-refractivity contribution in [1.29, 1.82) is 0 Å². The highest BCUT2D eigenvalue weighted by atomic mass is 35.5. The SMILES string of the molecule is CCCOc1ccc(Cl)c2c1SC1=C(C=CCC1=O)C2. The number of hydrogen-bond donors (Lipinski definition) is 0. The molecule has 0 unspecified atom stereocenters. The first kappa shape index (κ1) is 13.8. The Kier molecular flexibility index (Phi) is 3.90. The standard InChI is InChI=1S/C16H15ClO2S/c1-2-8-19-14-7-6-12(17)11-9-10-4-3-5-13(18)15(10)20-16(11)14/h3-4,6-7H,2,5,8-9H2,1H3. The van der Waals surface area contributed by atoms with E-state index < -0.39 is 0 Å². The van der Waals surface area contributed by atoms with Crippen molar-refractivity contribution in [1.82, 2.24) is 0 Å². The molecule has 2 aliphatic rings. The Morgan fingerprint density at radius 2 is 2.25 bits per heavy atom. The zero-order valence-electron chi connectivity index (χ0n) is 11.2. The molecule has 0 atom stereocenters. The molecule has 1 aromatic carbocycles. The summed E-state index contributed by atoms with van der Waals surface area (Å²) in [4.78, 5) is 13.9. The van der Waals surface area contributed by atoms with Crippen molar-refractivity contribution in [2.75, 3.05) is 6.61 Å². The van der Waals surface area contributed by atoms with Gasteiger partial charge in [-0.1, -0.05) is 42.4 Å². The van der Waals surface area contributed by atoms with Gasteiger partial charge in [-0.25, -0.2) is 0 Å². The van der Waals surface area contributed by atoms with E-state index in [2.05, 4.69) is 6.92 Å². The summed E-state index contributed by atoms with van der Waals surface area (Å²) in [5.74, 6) is 1.03. The van der Waals surface area contributed by atoms with E-state index in [1.165, 1.54) is 11.8 Å². The van der Waals surface area contributed by atoms with Crippen LogP contribution in [-0.4, -0.2) is 12.4 Å². The van der Waals surface area contributed by atoms with Gasteiger partial charge in [0, 0.05) is 17.9 Å². The molecule has 104 valence electrons. The molecule has 0 aromatic heterocycles. The molecule has 20 heavy (non-hydrogen) atoms. The van der Waals surface area contributed by atoms with Gasteiger partial charge in [0.05, 0.1) is 16.4 Å². The van der Waals surface area contributed by atoms with Gasteiger partial charge in [-0.15, -0.1) is 0 Å². The number of thioether (sulfide) groups is 1. The maximum absolute atomic E-state index is 12.0. The highest BCUT2D eigenvalue weighted by Crippen LogP contribution is 2.47. The van der Waals surface area contributed by atoms with Gasteiger partial charge in [0.1, 0.15) is 5.75 Å². The molecule has 1 heterocycles. The average molecular weight is 307 g/mol. The van der Waals surface area contributed by atoms with Gasteiger partial charge in [-0.2, -0.15) is 0 Å². The number of hydrogen-bond acceptors (Lipinski definition) is 3. The minimum atomic E-state index is 0.194. The molecule has 0 saturated carbocycles. The topological polar surface area (TPSA) is 26.3 Å². The van der Waals surface area contributed by atoms with Crippen LogP contribution in [0.15, 0.2) is 39.7 Å². The van der Waals surface area contributed by atoms with E-state index in [1.807, 2.05) is 24.3 Å². The molecule has 1 aliphatic heterocycles. The highest BCUT2D eigenvalue weighted by Gasteiger charge is 2.28. The third-order valence-electron chi connectivity index (χ3n) is 3.37. The third kappa shape index (κ3) is 2.40. The Labute approximate surface area is 127 Å². The van der Waals surface area contributed by atoms with Gasteiger partial charge in [0.2, 0.25) is 0 Å². The summed E-state index contributed by atoms with van der Waals surface area (Å²) >= 11 is 7.82. The van der Waals surface area contributed by atoms with Crippen LogP contribution in [0, 0.1) is 0 Å². The summed E-state index contributed by atoms with van der Waals surface area (Å²) in [6, 6.07) is 3.78. The maximum Gasteiger partial charge on any atom is 0.173 e. The first-order chi connectivity index (χ1) is 9.70. The van der Waals surface area contributed by atoms with Crippen molar-refractivity contribution >= 4 is 29.1 Å². The molecule has 0 amide bonds. The van der Waals surface area contributed by atoms with Crippen LogP contribution in [0.4, 0.5) is 0 Å². The van der Waals surface area contributed by atoms with E-state index in [0.29, 0.717) is 19.4 Å². The second kappa shape index (κ2) is 5.66. The number of ketones is 1. The molecule has 0 radical (unpaired) electrons. The van der Waals surface area contributed by atoms with Crippen LogP contribution in [0.5, 0.6) is 5.75 Å². The number of allylic oxidation sites excluding steroid dienone is 4. The summed E-state index contributed by atoms with van der Waals surface area (Å²) in [6.45, 7) is 2.75. The van der Waals surface area contributed by atoms with Crippen molar-refractivity contribution in [3.63, 3.8) is 0 Å². The zero-order valence-corrected chi connectivity index (χ0v) is 12.8. The molecule has 2 nitrogen and oxygen atoms in total. The molecule has 0 saturated heterocycles. The second-order valence-electron chi connectivity index (χ2n) is 4.86. The van der Waals surface area contributed by atoms with E-state index in [1.54, 1.807) is 0 Å². The van der Waals surface area contributed by atoms with Crippen LogP contribution < -0.4 is 4.74 Å². The van der Waals surface area contributed by atoms with Gasteiger partial charge in [-0.3, -0.25) is 4.79 Å². The average Bonchev–Trinajstić information content (AvgIpc) is 2.46. The fourth-order valence-corrected chi connectivity index (χ4v) is 3.88. The second-order valence-corrected chi connectivity index (χ2v) is 6.29. The normalized spacial score (nSPS) is 17.0. The lowest BCUT2D eigenvalue weighted by atomic mass is 9.98. The Balaban J connectivity index is 2.02. The maximum atomic E-state index is 12.0. The summed E-state index contributed by atoms with van der Waals surface area (Å²) in [7, 11) is 0. The van der Waals surface area contributed by atoms with Gasteiger partial charge >= 0.3 is 0 Å². The molecule has 4 heteroatoms. The van der Waals surface area contributed by atoms with E-state index in [0.717, 1.165) is 38.1 Å². The first-order valence-corrected chi connectivity index (χ1v) is 7.95. The Morgan fingerprint density at radius 1 is 1.40 bits per heavy atom. The van der Waals surface area contributed by atoms with Gasteiger partial charge in [0.15, 0.2) is 5.78 Å². The van der Waals surface area contributed by atoms with E-state index in [4.69, 9.17) is 16.3 Å². The van der Waals surface area contributed by atoms with Gasteiger partial charge in [-0.05, 0) is 29.7 Å².